The molecule has 0 rings (SSSR count). The number of amidine groups is 1. The highest BCUT2D eigenvalue weighted by molar-refractivity contribution is 5.86. The van der Waals surface area contributed by atoms with Gasteiger partial charge in [0.1, 0.15) is 0 Å². The minimum atomic E-state index is -0.194. The standard InChI is InChI=1S/C8H18N4O2/c1-3-5-10-8(13)12(4-2)6-7(9)11-14/h14H,3-6H2,1-2H3,(H2,9,11)(H,10,13). The van der Waals surface area contributed by atoms with Crippen LogP contribution in [0.1, 0.15) is 20.3 Å². The fraction of sp³-hybridized carbons (Fsp3) is 0.750. The monoisotopic (exact) mass is 202 g/mol. The number of carbonyl (C=O) groups is 1. The fourth-order valence-corrected chi connectivity index (χ4v) is 0.898. The third kappa shape index (κ3) is 4.54. The van der Waals surface area contributed by atoms with E-state index in [-0.39, 0.29) is 18.4 Å². The summed E-state index contributed by atoms with van der Waals surface area (Å²) in [4.78, 5) is 12.9. The molecule has 6 nitrogen and oxygen atoms in total. The van der Waals surface area contributed by atoms with Crippen molar-refractivity contribution in [2.45, 2.75) is 20.3 Å². The quantitative estimate of drug-likeness (QED) is 0.257. The minimum absolute atomic E-state index is 0.0264. The maximum Gasteiger partial charge on any atom is 0.317 e. The van der Waals surface area contributed by atoms with E-state index < -0.39 is 0 Å². The number of urea groups is 1. The molecule has 6 heteroatoms. The highest BCUT2D eigenvalue weighted by Gasteiger charge is 2.11. The molecule has 0 aliphatic rings. The second-order valence-electron chi connectivity index (χ2n) is 2.84. The lowest BCUT2D eigenvalue weighted by atomic mass is 10.4. The van der Waals surface area contributed by atoms with Gasteiger partial charge in [-0.3, -0.25) is 0 Å². The van der Waals surface area contributed by atoms with E-state index in [2.05, 4.69) is 10.5 Å². The molecule has 82 valence electrons. The van der Waals surface area contributed by atoms with Crippen molar-refractivity contribution in [2.75, 3.05) is 19.6 Å². The lowest BCUT2D eigenvalue weighted by molar-refractivity contribution is 0.206. The zero-order valence-electron chi connectivity index (χ0n) is 8.66. The Hall–Kier alpha value is -1.46. The molecule has 0 saturated carbocycles. The predicted molar refractivity (Wildman–Crippen MR) is 54.3 cm³/mol. The van der Waals surface area contributed by atoms with Crippen LogP contribution in [0.5, 0.6) is 0 Å². The smallest absolute Gasteiger partial charge is 0.317 e. The van der Waals surface area contributed by atoms with Gasteiger partial charge in [-0.05, 0) is 13.3 Å². The third-order valence-electron chi connectivity index (χ3n) is 1.68. The summed E-state index contributed by atoms with van der Waals surface area (Å²) in [6.45, 7) is 5.09. The van der Waals surface area contributed by atoms with Gasteiger partial charge in [0.05, 0.1) is 6.54 Å². The highest BCUT2D eigenvalue weighted by atomic mass is 16.4. The van der Waals surface area contributed by atoms with E-state index in [0.29, 0.717) is 13.1 Å². The SMILES string of the molecule is CCCNC(=O)N(CC)CC(N)=NO. The number of nitrogens with one attached hydrogen (secondary N) is 1. The Kier molecular flexibility index (Phi) is 6.26. The van der Waals surface area contributed by atoms with Gasteiger partial charge in [-0.15, -0.1) is 0 Å². The summed E-state index contributed by atoms with van der Waals surface area (Å²) in [5, 5.41) is 13.9. The number of carbonyl (C=O) groups excluding carboxylic acids is 1. The van der Waals surface area contributed by atoms with Crippen LogP contribution in [0, 0.1) is 0 Å². The van der Waals surface area contributed by atoms with Crippen LogP contribution in [-0.4, -0.2) is 41.6 Å². The summed E-state index contributed by atoms with van der Waals surface area (Å²) in [6, 6.07) is -0.194. The molecule has 0 aromatic rings. The fourth-order valence-electron chi connectivity index (χ4n) is 0.898. The largest absolute Gasteiger partial charge is 0.409 e. The average Bonchev–Trinajstić information content (AvgIpc) is 2.21. The van der Waals surface area contributed by atoms with Crippen molar-refractivity contribution in [3.05, 3.63) is 0 Å². The van der Waals surface area contributed by atoms with Gasteiger partial charge in [-0.25, -0.2) is 4.79 Å². The van der Waals surface area contributed by atoms with Crippen LogP contribution in [0.15, 0.2) is 5.16 Å². The molecule has 0 aliphatic heterocycles. The molecule has 0 aliphatic carbocycles. The lowest BCUT2D eigenvalue weighted by Crippen LogP contribution is -2.44. The second-order valence-corrected chi connectivity index (χ2v) is 2.84. The van der Waals surface area contributed by atoms with Gasteiger partial charge >= 0.3 is 6.03 Å². The Bertz CT molecular complexity index is 206. The van der Waals surface area contributed by atoms with Crippen LogP contribution in [0.2, 0.25) is 0 Å². The topological polar surface area (TPSA) is 91.0 Å². The minimum Gasteiger partial charge on any atom is -0.409 e. The van der Waals surface area contributed by atoms with E-state index in [4.69, 9.17) is 10.9 Å². The molecule has 0 bridgehead atoms. The van der Waals surface area contributed by atoms with Crippen molar-refractivity contribution < 1.29 is 10.0 Å². The first kappa shape index (κ1) is 12.5. The molecular formula is C8H18N4O2. The van der Waals surface area contributed by atoms with Gasteiger partial charge in [-0.1, -0.05) is 12.1 Å². The lowest BCUT2D eigenvalue weighted by Gasteiger charge is -2.20. The normalized spacial score (nSPS) is 11.1. The predicted octanol–water partition coefficient (Wildman–Crippen LogP) is 0.174. The first-order chi connectivity index (χ1) is 6.65. The Balaban J connectivity index is 4.05. The third-order valence-corrected chi connectivity index (χ3v) is 1.68. The van der Waals surface area contributed by atoms with Crippen LogP contribution in [-0.2, 0) is 0 Å². The van der Waals surface area contributed by atoms with Crippen molar-refractivity contribution >= 4 is 11.9 Å². The second kappa shape index (κ2) is 6.99. The van der Waals surface area contributed by atoms with Crippen molar-refractivity contribution in [3.63, 3.8) is 0 Å². The van der Waals surface area contributed by atoms with Crippen LogP contribution >= 0.6 is 0 Å². The number of oxime groups is 1. The van der Waals surface area contributed by atoms with E-state index in [1.807, 2.05) is 13.8 Å². The Labute approximate surface area is 83.7 Å². The first-order valence-electron chi connectivity index (χ1n) is 4.64. The van der Waals surface area contributed by atoms with E-state index in [1.54, 1.807) is 0 Å². The number of hydrogen-bond donors (Lipinski definition) is 3. The average molecular weight is 202 g/mol. The number of nitrogens with two attached hydrogens (primary N) is 1. The Morgan fingerprint density at radius 2 is 2.21 bits per heavy atom. The van der Waals surface area contributed by atoms with E-state index >= 15 is 0 Å². The van der Waals surface area contributed by atoms with Crippen molar-refractivity contribution in [2.24, 2.45) is 10.9 Å². The number of hydrogen-bond acceptors (Lipinski definition) is 3. The van der Waals surface area contributed by atoms with Gasteiger partial charge in [0, 0.05) is 13.1 Å². The molecule has 0 spiro atoms. The molecule has 4 N–H and O–H groups in total. The number of amides is 2. The molecule has 0 aromatic heterocycles. The molecule has 0 unspecified atom stereocenters. The summed E-state index contributed by atoms with van der Waals surface area (Å²) in [5.41, 5.74) is 5.29. The van der Waals surface area contributed by atoms with Gasteiger partial charge in [0.15, 0.2) is 5.84 Å². The molecule has 0 heterocycles. The van der Waals surface area contributed by atoms with Gasteiger partial charge < -0.3 is 21.2 Å². The molecular weight excluding hydrogens is 184 g/mol. The van der Waals surface area contributed by atoms with Crippen LogP contribution in [0.4, 0.5) is 4.79 Å². The Morgan fingerprint density at radius 1 is 1.57 bits per heavy atom. The molecule has 0 aromatic carbocycles. The maximum atomic E-state index is 11.4. The van der Waals surface area contributed by atoms with Crippen LogP contribution in [0.25, 0.3) is 0 Å². The summed E-state index contributed by atoms with van der Waals surface area (Å²) in [5.74, 6) is 0.0264. The number of likely N-dealkylation sites (N-methyl/N-ethyl adjacent to an activating group) is 1. The molecule has 0 radical (unpaired) electrons. The van der Waals surface area contributed by atoms with Gasteiger partial charge in [0.25, 0.3) is 0 Å². The van der Waals surface area contributed by atoms with Crippen molar-refractivity contribution in [1.82, 2.24) is 10.2 Å². The first-order valence-corrected chi connectivity index (χ1v) is 4.64. The molecule has 0 fully saturated rings. The maximum absolute atomic E-state index is 11.4. The molecule has 14 heavy (non-hydrogen) atoms. The van der Waals surface area contributed by atoms with E-state index in [9.17, 15) is 4.79 Å². The van der Waals surface area contributed by atoms with E-state index in [0.717, 1.165) is 6.42 Å². The Morgan fingerprint density at radius 3 is 2.64 bits per heavy atom. The summed E-state index contributed by atoms with van der Waals surface area (Å²) in [7, 11) is 0. The molecule has 2 amide bonds. The van der Waals surface area contributed by atoms with Gasteiger partial charge in [-0.2, -0.15) is 0 Å². The van der Waals surface area contributed by atoms with Crippen molar-refractivity contribution in [1.29, 1.82) is 0 Å². The molecule has 0 atom stereocenters. The number of nitrogens with zero attached hydrogens (tertiary/aromatic N) is 2. The summed E-state index contributed by atoms with van der Waals surface area (Å²) in [6.07, 6.45) is 0.882. The van der Waals surface area contributed by atoms with Crippen LogP contribution < -0.4 is 11.1 Å². The van der Waals surface area contributed by atoms with Crippen LogP contribution in [0.3, 0.4) is 0 Å². The van der Waals surface area contributed by atoms with Crippen molar-refractivity contribution in [3.8, 4) is 0 Å². The summed E-state index contributed by atoms with van der Waals surface area (Å²) >= 11 is 0. The zero-order chi connectivity index (χ0) is 11.0. The highest BCUT2D eigenvalue weighted by Crippen LogP contribution is 1.89. The number of rotatable bonds is 5. The molecule has 0 saturated heterocycles. The zero-order valence-corrected chi connectivity index (χ0v) is 8.66. The summed E-state index contributed by atoms with van der Waals surface area (Å²) < 4.78 is 0. The van der Waals surface area contributed by atoms with Gasteiger partial charge in [0.2, 0.25) is 0 Å². The van der Waals surface area contributed by atoms with E-state index in [1.165, 1.54) is 4.90 Å².